The number of carbonyl (C=O) groups is 3. The predicted molar refractivity (Wildman–Crippen MR) is 121 cm³/mol. The van der Waals surface area contributed by atoms with Crippen molar-refractivity contribution in [1.29, 1.82) is 0 Å². The molecule has 0 aliphatic rings. The second-order valence-corrected chi connectivity index (χ2v) is 7.77. The number of nitrogens with one attached hydrogen (secondary N) is 1. The number of rotatable bonds is 9. The summed E-state index contributed by atoms with van der Waals surface area (Å²) in [7, 11) is 1.50. The minimum Gasteiger partial charge on any atom is -0.495 e. The fourth-order valence-corrected chi connectivity index (χ4v) is 3.83. The molecule has 1 heterocycles. The third-order valence-corrected chi connectivity index (χ3v) is 5.42. The summed E-state index contributed by atoms with van der Waals surface area (Å²) in [5.74, 6) is -2.93. The van der Waals surface area contributed by atoms with Crippen LogP contribution < -0.4 is 15.0 Å². The van der Waals surface area contributed by atoms with Crippen molar-refractivity contribution in [3.63, 3.8) is 0 Å². The van der Waals surface area contributed by atoms with Gasteiger partial charge in [-0.05, 0) is 24.3 Å². The third kappa shape index (κ3) is 6.13. The lowest BCUT2D eigenvalue weighted by molar-refractivity contribution is -0.144. The average Bonchev–Trinajstić information content (AvgIpc) is 3.26. The van der Waals surface area contributed by atoms with E-state index in [0.29, 0.717) is 28.3 Å². The van der Waals surface area contributed by atoms with Gasteiger partial charge in [0.25, 0.3) is 5.91 Å². The Bertz CT molecular complexity index is 1200. The van der Waals surface area contributed by atoms with Crippen molar-refractivity contribution in [2.24, 2.45) is 0 Å². The maximum absolute atomic E-state index is 13.6. The van der Waals surface area contributed by atoms with Gasteiger partial charge in [-0.1, -0.05) is 12.1 Å². The Hall–Kier alpha value is -3.86. The molecule has 34 heavy (non-hydrogen) atoms. The highest BCUT2D eigenvalue weighted by molar-refractivity contribution is 7.14. The molecule has 3 aromatic rings. The molecule has 11 heteroatoms. The summed E-state index contributed by atoms with van der Waals surface area (Å²) in [6.45, 7) is 1.18. The van der Waals surface area contributed by atoms with Crippen LogP contribution >= 0.6 is 11.3 Å². The first kappa shape index (κ1) is 24.8. The minimum atomic E-state index is -0.993. The van der Waals surface area contributed by atoms with Crippen LogP contribution in [0.25, 0.3) is 0 Å². The largest absolute Gasteiger partial charge is 0.495 e. The molecule has 8 nitrogen and oxygen atoms in total. The smallest absolute Gasteiger partial charge is 0.307 e. The van der Waals surface area contributed by atoms with Crippen molar-refractivity contribution in [3.05, 3.63) is 70.7 Å². The SMILES string of the molecule is COc1ccccc1N(C(C)=O)c1nc(COC(=O)CCNC(=O)c2ccc(F)cc2F)cs1. The Labute approximate surface area is 198 Å². The van der Waals surface area contributed by atoms with E-state index in [0.717, 1.165) is 12.1 Å². The van der Waals surface area contributed by atoms with Crippen molar-refractivity contribution >= 4 is 39.9 Å². The summed E-state index contributed by atoms with van der Waals surface area (Å²) in [6.07, 6.45) is -0.160. The number of aromatic nitrogens is 1. The number of anilines is 2. The zero-order valence-electron chi connectivity index (χ0n) is 18.3. The molecule has 0 atom stereocenters. The standard InChI is InChI=1S/C23H21F2N3O5S/c1-14(29)28(19-5-3-4-6-20(19)32-2)23-27-16(13-34-23)12-33-21(30)9-10-26-22(31)17-8-7-15(24)11-18(17)25/h3-8,11,13H,9-10,12H2,1-2H3,(H,26,31). The van der Waals surface area contributed by atoms with E-state index in [1.807, 2.05) is 0 Å². The molecule has 0 saturated heterocycles. The van der Waals surface area contributed by atoms with Gasteiger partial charge in [0, 0.05) is 24.9 Å². The van der Waals surface area contributed by atoms with E-state index in [1.54, 1.807) is 29.6 Å². The fraction of sp³-hybridized carbons (Fsp3) is 0.217. The molecule has 178 valence electrons. The van der Waals surface area contributed by atoms with Crippen LogP contribution in [0.5, 0.6) is 5.75 Å². The summed E-state index contributed by atoms with van der Waals surface area (Å²) in [5.41, 5.74) is 0.644. The molecule has 3 rings (SSSR count). The van der Waals surface area contributed by atoms with Crippen molar-refractivity contribution in [3.8, 4) is 5.75 Å². The zero-order valence-corrected chi connectivity index (χ0v) is 19.2. The Balaban J connectivity index is 1.53. The zero-order chi connectivity index (χ0) is 24.7. The highest BCUT2D eigenvalue weighted by Crippen LogP contribution is 2.35. The van der Waals surface area contributed by atoms with E-state index >= 15 is 0 Å². The molecule has 1 N–H and O–H groups in total. The van der Waals surface area contributed by atoms with Crippen molar-refractivity contribution in [2.45, 2.75) is 20.0 Å². The lowest BCUT2D eigenvalue weighted by atomic mass is 10.2. The molecule has 2 amide bonds. The van der Waals surface area contributed by atoms with Gasteiger partial charge in [-0.2, -0.15) is 0 Å². The lowest BCUT2D eigenvalue weighted by Crippen LogP contribution is -2.27. The van der Waals surface area contributed by atoms with Crippen molar-refractivity contribution in [2.75, 3.05) is 18.6 Å². The first-order chi connectivity index (χ1) is 16.3. The molecule has 0 bridgehead atoms. The summed E-state index contributed by atoms with van der Waals surface area (Å²) >= 11 is 1.20. The van der Waals surface area contributed by atoms with Crippen LogP contribution in [-0.4, -0.2) is 36.4 Å². The molecule has 0 saturated carbocycles. The maximum Gasteiger partial charge on any atom is 0.307 e. The van der Waals surface area contributed by atoms with E-state index in [2.05, 4.69) is 10.3 Å². The fourth-order valence-electron chi connectivity index (χ4n) is 2.96. The van der Waals surface area contributed by atoms with Crippen LogP contribution in [0.15, 0.2) is 47.8 Å². The van der Waals surface area contributed by atoms with Crippen LogP contribution in [0, 0.1) is 11.6 Å². The highest BCUT2D eigenvalue weighted by atomic mass is 32.1. The van der Waals surface area contributed by atoms with Crippen molar-refractivity contribution < 1.29 is 32.6 Å². The predicted octanol–water partition coefficient (Wildman–Crippen LogP) is 3.98. The van der Waals surface area contributed by atoms with Gasteiger partial charge in [-0.25, -0.2) is 13.8 Å². The molecule has 2 aromatic carbocycles. The van der Waals surface area contributed by atoms with Crippen LogP contribution in [0.2, 0.25) is 0 Å². The van der Waals surface area contributed by atoms with Crippen molar-refractivity contribution in [1.82, 2.24) is 10.3 Å². The molecular formula is C23H21F2N3O5S. The monoisotopic (exact) mass is 489 g/mol. The number of esters is 1. The Morgan fingerprint density at radius 2 is 1.91 bits per heavy atom. The molecule has 0 fully saturated rings. The first-order valence-electron chi connectivity index (χ1n) is 10.1. The van der Waals surface area contributed by atoms with Gasteiger partial charge in [0.15, 0.2) is 5.13 Å². The number of hydrogen-bond donors (Lipinski definition) is 1. The van der Waals surface area contributed by atoms with Gasteiger partial charge in [-0.3, -0.25) is 19.3 Å². The Morgan fingerprint density at radius 1 is 1.15 bits per heavy atom. The summed E-state index contributed by atoms with van der Waals surface area (Å²) in [4.78, 5) is 42.0. The van der Waals surface area contributed by atoms with Gasteiger partial charge < -0.3 is 14.8 Å². The average molecular weight is 490 g/mol. The number of methoxy groups -OCH3 is 1. The van der Waals surface area contributed by atoms with E-state index in [4.69, 9.17) is 9.47 Å². The van der Waals surface area contributed by atoms with Gasteiger partial charge in [0.05, 0.1) is 30.5 Å². The summed E-state index contributed by atoms with van der Waals surface area (Å²) in [6, 6.07) is 9.60. The molecule has 0 aliphatic heterocycles. The highest BCUT2D eigenvalue weighted by Gasteiger charge is 2.21. The topological polar surface area (TPSA) is 97.8 Å². The molecule has 0 unspecified atom stereocenters. The summed E-state index contributed by atoms with van der Waals surface area (Å²) in [5, 5.41) is 4.42. The maximum atomic E-state index is 13.6. The molecular weight excluding hydrogens is 468 g/mol. The Morgan fingerprint density at radius 3 is 2.62 bits per heavy atom. The number of ether oxygens (including phenoxy) is 2. The lowest BCUT2D eigenvalue weighted by Gasteiger charge is -2.20. The van der Waals surface area contributed by atoms with Crippen LogP contribution in [-0.2, 0) is 20.9 Å². The number of nitrogens with zero attached hydrogens (tertiary/aromatic N) is 2. The van der Waals surface area contributed by atoms with E-state index in [9.17, 15) is 23.2 Å². The van der Waals surface area contributed by atoms with Gasteiger partial charge in [-0.15, -0.1) is 11.3 Å². The third-order valence-electron chi connectivity index (χ3n) is 4.54. The molecule has 0 spiro atoms. The number of hydrogen-bond acceptors (Lipinski definition) is 7. The number of para-hydroxylation sites is 2. The normalized spacial score (nSPS) is 10.5. The number of carbonyl (C=O) groups excluding carboxylic acids is 3. The number of thiazole rings is 1. The molecule has 1 aromatic heterocycles. The van der Waals surface area contributed by atoms with Crippen LogP contribution in [0.4, 0.5) is 19.6 Å². The minimum absolute atomic E-state index is 0.0945. The van der Waals surface area contributed by atoms with E-state index in [1.165, 1.54) is 30.3 Å². The first-order valence-corrected chi connectivity index (χ1v) is 10.9. The molecule has 0 aliphatic carbocycles. The van der Waals surface area contributed by atoms with Crippen LogP contribution in [0.1, 0.15) is 29.4 Å². The van der Waals surface area contributed by atoms with E-state index in [-0.39, 0.29) is 31.0 Å². The van der Waals surface area contributed by atoms with Gasteiger partial charge in [0.2, 0.25) is 5.91 Å². The summed E-state index contributed by atoms with van der Waals surface area (Å²) < 4.78 is 37.0. The van der Waals surface area contributed by atoms with Gasteiger partial charge in [0.1, 0.15) is 24.0 Å². The van der Waals surface area contributed by atoms with E-state index < -0.39 is 23.5 Å². The quantitative estimate of drug-likeness (QED) is 0.457. The number of amides is 2. The second-order valence-electron chi connectivity index (χ2n) is 6.94. The number of benzene rings is 2. The second kappa shape index (κ2) is 11.3. The van der Waals surface area contributed by atoms with Crippen LogP contribution in [0.3, 0.4) is 0 Å². The number of halogens is 2. The van der Waals surface area contributed by atoms with Gasteiger partial charge >= 0.3 is 5.97 Å². The molecule has 0 radical (unpaired) electrons. The Kier molecular flexibility index (Phi) is 8.25.